The van der Waals surface area contributed by atoms with E-state index in [4.69, 9.17) is 0 Å². The molecule has 1 N–H and O–H groups in total. The van der Waals surface area contributed by atoms with Gasteiger partial charge in [-0.2, -0.15) is 0 Å². The largest absolute Gasteiger partial charge is 0.315 e. The molecule has 3 nitrogen and oxygen atoms in total. The van der Waals surface area contributed by atoms with E-state index >= 15 is 0 Å². The zero-order valence-electron chi connectivity index (χ0n) is 8.68. The summed E-state index contributed by atoms with van der Waals surface area (Å²) in [6.45, 7) is 0. The zero-order chi connectivity index (χ0) is 10.9. The lowest BCUT2D eigenvalue weighted by Gasteiger charge is -2.17. The van der Waals surface area contributed by atoms with Gasteiger partial charge in [-0.3, -0.25) is 0 Å². The molecule has 1 aliphatic heterocycles. The van der Waals surface area contributed by atoms with E-state index in [0.717, 1.165) is 5.56 Å². The van der Waals surface area contributed by atoms with Gasteiger partial charge in [0.05, 0.1) is 11.5 Å². The van der Waals surface area contributed by atoms with Crippen LogP contribution in [0.25, 0.3) is 0 Å². The topological polar surface area (TPSA) is 46.2 Å². The van der Waals surface area contributed by atoms with Gasteiger partial charge in [0.25, 0.3) is 0 Å². The van der Waals surface area contributed by atoms with Crippen LogP contribution in [0.15, 0.2) is 30.3 Å². The summed E-state index contributed by atoms with van der Waals surface area (Å²) in [6, 6.07) is 9.89. The van der Waals surface area contributed by atoms with Crippen molar-refractivity contribution in [2.24, 2.45) is 0 Å². The number of hydrogen-bond donors (Lipinski definition) is 1. The Morgan fingerprint density at radius 2 is 1.87 bits per heavy atom. The number of likely N-dealkylation sites (N-methyl/N-ethyl adjacent to an activating group) is 1. The Balaban J connectivity index is 2.30. The molecule has 82 valence electrons. The van der Waals surface area contributed by atoms with Crippen LogP contribution in [0.2, 0.25) is 0 Å². The Morgan fingerprint density at radius 1 is 1.20 bits per heavy atom. The van der Waals surface area contributed by atoms with Crippen LogP contribution in [0.4, 0.5) is 0 Å². The van der Waals surface area contributed by atoms with Gasteiger partial charge in [-0.25, -0.2) is 8.42 Å². The molecule has 0 spiro atoms. The summed E-state index contributed by atoms with van der Waals surface area (Å²) >= 11 is 0. The first-order chi connectivity index (χ1) is 7.12. The quantitative estimate of drug-likeness (QED) is 0.809. The number of sulfone groups is 1. The Labute approximate surface area is 90.4 Å². The molecular formula is C11H15NO2S. The molecule has 0 unspecified atom stereocenters. The van der Waals surface area contributed by atoms with Crippen molar-refractivity contribution < 1.29 is 8.42 Å². The van der Waals surface area contributed by atoms with Gasteiger partial charge in [-0.05, 0) is 12.6 Å². The third-order valence-corrected chi connectivity index (χ3v) is 4.69. The first-order valence-corrected chi connectivity index (χ1v) is 6.87. The van der Waals surface area contributed by atoms with E-state index in [0.29, 0.717) is 0 Å². The van der Waals surface area contributed by atoms with Gasteiger partial charge in [-0.15, -0.1) is 0 Å². The van der Waals surface area contributed by atoms with Crippen LogP contribution in [-0.4, -0.2) is 33.0 Å². The van der Waals surface area contributed by atoms with Gasteiger partial charge in [0, 0.05) is 12.0 Å². The maximum Gasteiger partial charge on any atom is 0.152 e. The van der Waals surface area contributed by atoms with E-state index in [1.165, 1.54) is 0 Å². The molecule has 2 atom stereocenters. The third kappa shape index (κ3) is 2.21. The van der Waals surface area contributed by atoms with Crippen molar-refractivity contribution in [1.82, 2.24) is 5.32 Å². The highest BCUT2D eigenvalue weighted by Crippen LogP contribution is 2.28. The summed E-state index contributed by atoms with van der Waals surface area (Å²) in [5.41, 5.74) is 1.11. The molecule has 0 aromatic heterocycles. The van der Waals surface area contributed by atoms with Crippen molar-refractivity contribution in [3.63, 3.8) is 0 Å². The SMILES string of the molecule is CN[C@@H]1CS(=O)(=O)C[C@H]1c1ccccc1. The Hall–Kier alpha value is -0.870. The van der Waals surface area contributed by atoms with E-state index < -0.39 is 9.84 Å². The molecule has 0 bridgehead atoms. The number of rotatable bonds is 2. The lowest BCUT2D eigenvalue weighted by molar-refractivity contribution is 0.555. The second-order valence-electron chi connectivity index (χ2n) is 3.99. The van der Waals surface area contributed by atoms with Gasteiger partial charge in [0.15, 0.2) is 9.84 Å². The Bertz CT molecular complexity index is 427. The average Bonchev–Trinajstić information content (AvgIpc) is 2.55. The van der Waals surface area contributed by atoms with Crippen LogP contribution in [0.1, 0.15) is 11.5 Å². The Morgan fingerprint density at radius 3 is 2.47 bits per heavy atom. The Kier molecular flexibility index (Phi) is 2.80. The monoisotopic (exact) mass is 225 g/mol. The van der Waals surface area contributed by atoms with Gasteiger partial charge in [0.2, 0.25) is 0 Å². The molecule has 1 saturated heterocycles. The zero-order valence-corrected chi connectivity index (χ0v) is 9.50. The molecule has 1 aromatic carbocycles. The van der Waals surface area contributed by atoms with Crippen LogP contribution >= 0.6 is 0 Å². The number of hydrogen-bond acceptors (Lipinski definition) is 3. The fraction of sp³-hybridized carbons (Fsp3) is 0.455. The van der Waals surface area contributed by atoms with Crippen molar-refractivity contribution in [3.05, 3.63) is 35.9 Å². The highest BCUT2D eigenvalue weighted by Gasteiger charge is 2.37. The fourth-order valence-electron chi connectivity index (χ4n) is 2.16. The molecule has 1 fully saturated rings. The predicted octanol–water partition coefficient (Wildman–Crippen LogP) is 0.787. The molecule has 1 heterocycles. The molecule has 2 rings (SSSR count). The van der Waals surface area contributed by atoms with Crippen LogP contribution in [0.3, 0.4) is 0 Å². The van der Waals surface area contributed by atoms with E-state index in [-0.39, 0.29) is 23.5 Å². The summed E-state index contributed by atoms with van der Waals surface area (Å²) in [5.74, 6) is 0.618. The molecule has 15 heavy (non-hydrogen) atoms. The highest BCUT2D eigenvalue weighted by atomic mass is 32.2. The van der Waals surface area contributed by atoms with Gasteiger partial charge < -0.3 is 5.32 Å². The smallest absolute Gasteiger partial charge is 0.152 e. The lowest BCUT2D eigenvalue weighted by Crippen LogP contribution is -2.31. The van der Waals surface area contributed by atoms with Crippen molar-refractivity contribution in [2.45, 2.75) is 12.0 Å². The van der Waals surface area contributed by atoms with E-state index in [1.54, 1.807) is 0 Å². The molecule has 0 radical (unpaired) electrons. The standard InChI is InChI=1S/C11H15NO2S/c1-12-11-8-15(13,14)7-10(11)9-5-3-2-4-6-9/h2-6,10-12H,7-8H2,1H3/t10-,11+/m0/s1. The fourth-order valence-corrected chi connectivity index (χ4v) is 4.21. The number of benzene rings is 1. The van der Waals surface area contributed by atoms with Gasteiger partial charge in [-0.1, -0.05) is 30.3 Å². The molecule has 4 heteroatoms. The average molecular weight is 225 g/mol. The van der Waals surface area contributed by atoms with Gasteiger partial charge in [0.1, 0.15) is 0 Å². The third-order valence-electron chi connectivity index (χ3n) is 2.95. The molecular weight excluding hydrogens is 210 g/mol. The summed E-state index contributed by atoms with van der Waals surface area (Å²) in [6.07, 6.45) is 0. The molecule has 1 aromatic rings. The normalized spacial score (nSPS) is 29.1. The maximum absolute atomic E-state index is 11.5. The molecule has 0 saturated carbocycles. The van der Waals surface area contributed by atoms with Crippen molar-refractivity contribution in [2.75, 3.05) is 18.6 Å². The van der Waals surface area contributed by atoms with E-state index in [2.05, 4.69) is 5.32 Å². The maximum atomic E-state index is 11.5. The molecule has 0 amide bonds. The second kappa shape index (κ2) is 3.94. The predicted molar refractivity (Wildman–Crippen MR) is 60.7 cm³/mol. The second-order valence-corrected chi connectivity index (χ2v) is 6.14. The van der Waals surface area contributed by atoms with E-state index in [1.807, 2.05) is 37.4 Å². The minimum atomic E-state index is -2.87. The van der Waals surface area contributed by atoms with Crippen molar-refractivity contribution >= 4 is 9.84 Å². The minimum Gasteiger partial charge on any atom is -0.315 e. The summed E-state index contributed by atoms with van der Waals surface area (Å²) in [7, 11) is -1.05. The molecule has 1 aliphatic rings. The van der Waals surface area contributed by atoms with Crippen LogP contribution < -0.4 is 5.32 Å². The lowest BCUT2D eigenvalue weighted by atomic mass is 9.95. The minimum absolute atomic E-state index is 0.0531. The molecule has 0 aliphatic carbocycles. The number of nitrogens with one attached hydrogen (secondary N) is 1. The highest BCUT2D eigenvalue weighted by molar-refractivity contribution is 7.91. The van der Waals surface area contributed by atoms with Crippen LogP contribution in [-0.2, 0) is 9.84 Å². The van der Waals surface area contributed by atoms with Crippen molar-refractivity contribution in [1.29, 1.82) is 0 Å². The first kappa shape index (κ1) is 10.6. The van der Waals surface area contributed by atoms with Crippen molar-refractivity contribution in [3.8, 4) is 0 Å². The van der Waals surface area contributed by atoms with Crippen LogP contribution in [0, 0.1) is 0 Å². The van der Waals surface area contributed by atoms with Gasteiger partial charge >= 0.3 is 0 Å². The first-order valence-electron chi connectivity index (χ1n) is 5.05. The summed E-state index contributed by atoms with van der Waals surface area (Å²) in [5, 5.41) is 3.09. The summed E-state index contributed by atoms with van der Waals surface area (Å²) < 4.78 is 23.1. The van der Waals surface area contributed by atoms with Crippen LogP contribution in [0.5, 0.6) is 0 Å². The summed E-state index contributed by atoms with van der Waals surface area (Å²) in [4.78, 5) is 0. The van der Waals surface area contributed by atoms with E-state index in [9.17, 15) is 8.42 Å².